The molecule has 0 unspecified atom stereocenters. The molecule has 0 atom stereocenters. The number of carbonyl (C=O) groups is 1. The Kier molecular flexibility index (Phi) is 4.05. The van der Waals surface area contributed by atoms with E-state index in [-0.39, 0.29) is 17.6 Å². The van der Waals surface area contributed by atoms with Crippen LogP contribution in [0, 0.1) is 0 Å². The van der Waals surface area contributed by atoms with E-state index in [2.05, 4.69) is 5.32 Å². The Labute approximate surface area is 129 Å². The second-order valence-electron chi connectivity index (χ2n) is 6.27. The van der Waals surface area contributed by atoms with Crippen molar-refractivity contribution < 1.29 is 4.79 Å². The van der Waals surface area contributed by atoms with E-state index in [9.17, 15) is 9.59 Å². The Morgan fingerprint density at radius 3 is 2.36 bits per heavy atom. The number of rotatable bonds is 2. The molecule has 1 saturated carbocycles. The van der Waals surface area contributed by atoms with Crippen molar-refractivity contribution in [2.45, 2.75) is 44.6 Å². The molecule has 1 aliphatic rings. The van der Waals surface area contributed by atoms with Gasteiger partial charge in [-0.3, -0.25) is 13.9 Å². The summed E-state index contributed by atoms with van der Waals surface area (Å²) < 4.78 is 3.18. The van der Waals surface area contributed by atoms with Crippen molar-refractivity contribution in [1.29, 1.82) is 0 Å². The van der Waals surface area contributed by atoms with Gasteiger partial charge in [-0.15, -0.1) is 0 Å². The summed E-state index contributed by atoms with van der Waals surface area (Å²) in [5.41, 5.74) is 2.19. The fraction of sp³-hybridized carbons (Fsp3) is 0.529. The average Bonchev–Trinajstić information content (AvgIpc) is 2.73. The molecule has 5 heteroatoms. The standard InChI is InChI=1S/C17H23N3O2/c1-19-14-10-9-12(11-15(14)20(2)17(19)22)16(21)18-13-7-5-3-4-6-8-13/h9-11,13H,3-8H2,1-2H3,(H,18,21). The van der Waals surface area contributed by atoms with Crippen LogP contribution >= 0.6 is 0 Å². The lowest BCUT2D eigenvalue weighted by atomic mass is 10.1. The van der Waals surface area contributed by atoms with Crippen molar-refractivity contribution in [3.05, 3.63) is 34.2 Å². The van der Waals surface area contributed by atoms with Gasteiger partial charge in [0.1, 0.15) is 0 Å². The molecule has 0 aliphatic heterocycles. The molecule has 0 saturated heterocycles. The molecular weight excluding hydrogens is 278 g/mol. The summed E-state index contributed by atoms with van der Waals surface area (Å²) in [6.07, 6.45) is 7.05. The first-order valence-corrected chi connectivity index (χ1v) is 8.04. The third kappa shape index (κ3) is 2.67. The number of benzene rings is 1. The highest BCUT2D eigenvalue weighted by molar-refractivity contribution is 5.97. The van der Waals surface area contributed by atoms with Crippen molar-refractivity contribution in [2.24, 2.45) is 14.1 Å². The van der Waals surface area contributed by atoms with Crippen LogP contribution in [0.5, 0.6) is 0 Å². The SMILES string of the molecule is Cn1c(=O)n(C)c2cc(C(=O)NC3CCCCCC3)ccc21. The van der Waals surface area contributed by atoms with E-state index in [1.807, 2.05) is 12.1 Å². The molecule has 5 nitrogen and oxygen atoms in total. The molecule has 1 heterocycles. The molecule has 1 aliphatic carbocycles. The van der Waals surface area contributed by atoms with Crippen LogP contribution in [0.25, 0.3) is 11.0 Å². The van der Waals surface area contributed by atoms with Crippen LogP contribution in [-0.2, 0) is 14.1 Å². The van der Waals surface area contributed by atoms with Gasteiger partial charge in [0.15, 0.2) is 0 Å². The normalized spacial score (nSPS) is 16.6. The maximum Gasteiger partial charge on any atom is 0.328 e. The number of hydrogen-bond donors (Lipinski definition) is 1. The van der Waals surface area contributed by atoms with Crippen molar-refractivity contribution in [1.82, 2.24) is 14.5 Å². The van der Waals surface area contributed by atoms with E-state index in [1.54, 1.807) is 29.3 Å². The van der Waals surface area contributed by atoms with Gasteiger partial charge in [0.25, 0.3) is 5.91 Å². The number of nitrogens with zero attached hydrogens (tertiary/aromatic N) is 2. The van der Waals surface area contributed by atoms with E-state index in [0.29, 0.717) is 5.56 Å². The van der Waals surface area contributed by atoms with Gasteiger partial charge in [-0.05, 0) is 31.0 Å². The summed E-state index contributed by atoms with van der Waals surface area (Å²) in [7, 11) is 3.48. The van der Waals surface area contributed by atoms with Crippen LogP contribution in [-0.4, -0.2) is 21.1 Å². The highest BCUT2D eigenvalue weighted by atomic mass is 16.2. The van der Waals surface area contributed by atoms with Gasteiger partial charge in [-0.2, -0.15) is 0 Å². The van der Waals surface area contributed by atoms with Crippen molar-refractivity contribution in [3.8, 4) is 0 Å². The first-order valence-electron chi connectivity index (χ1n) is 8.04. The lowest BCUT2D eigenvalue weighted by molar-refractivity contribution is 0.0933. The quantitative estimate of drug-likeness (QED) is 0.866. The zero-order valence-electron chi connectivity index (χ0n) is 13.3. The number of amides is 1. The molecule has 1 fully saturated rings. The fourth-order valence-corrected chi connectivity index (χ4v) is 3.34. The molecule has 1 aromatic heterocycles. The van der Waals surface area contributed by atoms with E-state index in [4.69, 9.17) is 0 Å². The lowest BCUT2D eigenvalue weighted by Crippen LogP contribution is -2.34. The molecule has 2 aromatic rings. The number of aryl methyl sites for hydroxylation is 2. The molecule has 1 N–H and O–H groups in total. The largest absolute Gasteiger partial charge is 0.349 e. The first-order chi connectivity index (χ1) is 10.6. The molecule has 3 rings (SSSR count). The van der Waals surface area contributed by atoms with Crippen LogP contribution in [0.4, 0.5) is 0 Å². The zero-order valence-corrected chi connectivity index (χ0v) is 13.3. The van der Waals surface area contributed by atoms with Gasteiger partial charge in [0.05, 0.1) is 11.0 Å². The van der Waals surface area contributed by atoms with Crippen molar-refractivity contribution >= 4 is 16.9 Å². The molecule has 1 aromatic carbocycles. The minimum absolute atomic E-state index is 0.0369. The Balaban J connectivity index is 1.84. The summed E-state index contributed by atoms with van der Waals surface area (Å²) in [6.45, 7) is 0. The maximum atomic E-state index is 12.5. The molecule has 22 heavy (non-hydrogen) atoms. The second kappa shape index (κ2) is 5.99. The van der Waals surface area contributed by atoms with Gasteiger partial charge >= 0.3 is 5.69 Å². The van der Waals surface area contributed by atoms with Crippen LogP contribution in [0.1, 0.15) is 48.9 Å². The van der Waals surface area contributed by atoms with E-state index < -0.39 is 0 Å². The highest BCUT2D eigenvalue weighted by Gasteiger charge is 2.17. The Morgan fingerprint density at radius 2 is 1.68 bits per heavy atom. The topological polar surface area (TPSA) is 56.0 Å². The summed E-state index contributed by atoms with van der Waals surface area (Å²) in [5, 5.41) is 3.15. The number of imidazole rings is 1. The minimum Gasteiger partial charge on any atom is -0.349 e. The zero-order chi connectivity index (χ0) is 15.7. The van der Waals surface area contributed by atoms with E-state index in [1.165, 1.54) is 25.7 Å². The van der Waals surface area contributed by atoms with Gasteiger partial charge in [-0.25, -0.2) is 4.79 Å². The van der Waals surface area contributed by atoms with Gasteiger partial charge in [-0.1, -0.05) is 25.7 Å². The third-order valence-corrected chi connectivity index (χ3v) is 4.72. The van der Waals surface area contributed by atoms with E-state index in [0.717, 1.165) is 23.9 Å². The summed E-state index contributed by atoms with van der Waals surface area (Å²) >= 11 is 0. The van der Waals surface area contributed by atoms with E-state index >= 15 is 0 Å². The smallest absolute Gasteiger partial charge is 0.328 e. The number of hydrogen-bond acceptors (Lipinski definition) is 2. The molecule has 0 spiro atoms. The third-order valence-electron chi connectivity index (χ3n) is 4.72. The van der Waals surface area contributed by atoms with Gasteiger partial charge in [0.2, 0.25) is 0 Å². The van der Waals surface area contributed by atoms with Gasteiger partial charge < -0.3 is 5.32 Å². The lowest BCUT2D eigenvalue weighted by Gasteiger charge is -2.16. The number of carbonyl (C=O) groups excluding carboxylic acids is 1. The van der Waals surface area contributed by atoms with Crippen LogP contribution in [0.3, 0.4) is 0 Å². The Morgan fingerprint density at radius 1 is 1.05 bits per heavy atom. The summed E-state index contributed by atoms with van der Waals surface area (Å²) in [5.74, 6) is -0.0369. The molecule has 0 radical (unpaired) electrons. The predicted molar refractivity (Wildman–Crippen MR) is 87.1 cm³/mol. The molecule has 0 bridgehead atoms. The Bertz CT molecular complexity index is 749. The first kappa shape index (κ1) is 14.9. The second-order valence-corrected chi connectivity index (χ2v) is 6.27. The monoisotopic (exact) mass is 301 g/mol. The number of aromatic nitrogens is 2. The van der Waals surface area contributed by atoms with Gasteiger partial charge in [0, 0.05) is 25.7 Å². The fourth-order valence-electron chi connectivity index (χ4n) is 3.34. The van der Waals surface area contributed by atoms with Crippen LogP contribution in [0.15, 0.2) is 23.0 Å². The maximum absolute atomic E-state index is 12.5. The van der Waals surface area contributed by atoms with Crippen molar-refractivity contribution in [2.75, 3.05) is 0 Å². The Hall–Kier alpha value is -2.04. The molecule has 1 amide bonds. The van der Waals surface area contributed by atoms with Crippen molar-refractivity contribution in [3.63, 3.8) is 0 Å². The summed E-state index contributed by atoms with van der Waals surface area (Å²) in [6, 6.07) is 5.74. The van der Waals surface area contributed by atoms with Crippen LogP contribution < -0.4 is 11.0 Å². The molecular formula is C17H23N3O2. The number of fused-ring (bicyclic) bond motifs is 1. The average molecular weight is 301 g/mol. The molecule has 118 valence electrons. The van der Waals surface area contributed by atoms with Crippen LogP contribution in [0.2, 0.25) is 0 Å². The summed E-state index contributed by atoms with van der Waals surface area (Å²) in [4.78, 5) is 24.4. The minimum atomic E-state index is -0.0728. The number of nitrogens with one attached hydrogen (secondary N) is 1. The highest BCUT2D eigenvalue weighted by Crippen LogP contribution is 2.18. The predicted octanol–water partition coefficient (Wildman–Crippen LogP) is 2.33.